The average Bonchev–Trinajstić information content (AvgIpc) is 2.69. The van der Waals surface area contributed by atoms with Gasteiger partial charge in [-0.05, 0) is 51.0 Å². The minimum atomic E-state index is -0.774. The van der Waals surface area contributed by atoms with E-state index in [4.69, 9.17) is 9.57 Å². The molecule has 1 heterocycles. The largest absolute Gasteiger partial charge is 0.443 e. The van der Waals surface area contributed by atoms with E-state index >= 15 is 0 Å². The molecule has 1 atom stereocenters. The highest BCUT2D eigenvalue weighted by Crippen LogP contribution is 2.31. The summed E-state index contributed by atoms with van der Waals surface area (Å²) in [5, 5.41) is 4.47. The normalized spacial score (nSPS) is 20.8. The molecule has 1 saturated heterocycles. The molecular formula is C22H32N2O4. The van der Waals surface area contributed by atoms with Crippen molar-refractivity contribution in [3.8, 4) is 0 Å². The quantitative estimate of drug-likeness (QED) is 0.798. The van der Waals surface area contributed by atoms with Gasteiger partial charge in [0.2, 0.25) is 0 Å². The van der Waals surface area contributed by atoms with Crippen molar-refractivity contribution in [3.05, 3.63) is 35.9 Å². The third-order valence-electron chi connectivity index (χ3n) is 5.64. The summed E-state index contributed by atoms with van der Waals surface area (Å²) in [5.74, 6) is -0.434. The second-order valence-corrected chi connectivity index (χ2v) is 8.19. The zero-order valence-electron chi connectivity index (χ0n) is 16.8. The lowest BCUT2D eigenvalue weighted by Gasteiger charge is -2.33. The second-order valence-electron chi connectivity index (χ2n) is 8.19. The van der Waals surface area contributed by atoms with Crippen LogP contribution in [0.25, 0.3) is 0 Å². The molecule has 0 spiro atoms. The summed E-state index contributed by atoms with van der Waals surface area (Å²) in [7, 11) is 0. The van der Waals surface area contributed by atoms with E-state index in [9.17, 15) is 9.59 Å². The van der Waals surface area contributed by atoms with Gasteiger partial charge in [-0.25, -0.2) is 9.59 Å². The molecule has 2 aliphatic rings. The zero-order valence-corrected chi connectivity index (χ0v) is 16.8. The molecule has 1 aromatic rings. The van der Waals surface area contributed by atoms with Crippen molar-refractivity contribution >= 4 is 12.1 Å². The van der Waals surface area contributed by atoms with E-state index in [1.165, 1.54) is 6.42 Å². The molecule has 1 amide bonds. The maximum Gasteiger partial charge on any atom is 0.408 e. The maximum absolute atomic E-state index is 12.8. The summed E-state index contributed by atoms with van der Waals surface area (Å²) in [6.07, 6.45) is 8.06. The van der Waals surface area contributed by atoms with Crippen molar-refractivity contribution in [2.75, 3.05) is 13.1 Å². The van der Waals surface area contributed by atoms with Crippen LogP contribution in [0.15, 0.2) is 30.3 Å². The van der Waals surface area contributed by atoms with Gasteiger partial charge < -0.3 is 14.9 Å². The SMILES string of the molecule is CC1(OC(=O)N[C@@H](Cc2ccccc2)C(=O)ON2CCCCC2)CCCCC1. The first-order valence-electron chi connectivity index (χ1n) is 10.5. The van der Waals surface area contributed by atoms with Gasteiger partial charge in [-0.2, -0.15) is 0 Å². The molecule has 3 rings (SSSR count). The van der Waals surface area contributed by atoms with Crippen LogP contribution in [0.2, 0.25) is 0 Å². The fourth-order valence-corrected chi connectivity index (χ4v) is 3.99. The molecule has 0 unspecified atom stereocenters. The van der Waals surface area contributed by atoms with E-state index in [0.29, 0.717) is 6.42 Å². The fourth-order valence-electron chi connectivity index (χ4n) is 3.99. The molecule has 6 heteroatoms. The van der Waals surface area contributed by atoms with Gasteiger partial charge >= 0.3 is 12.1 Å². The fraction of sp³-hybridized carbons (Fsp3) is 0.636. The standard InChI is InChI=1S/C22H32N2O4/c1-22(13-7-3-8-14-22)27-21(26)23-19(17-18-11-5-2-6-12-18)20(25)28-24-15-9-4-10-16-24/h2,5-6,11-12,19H,3-4,7-10,13-17H2,1H3,(H,23,26)/t19-/m0/s1. The van der Waals surface area contributed by atoms with Gasteiger partial charge in [-0.1, -0.05) is 43.2 Å². The summed E-state index contributed by atoms with van der Waals surface area (Å²) in [4.78, 5) is 30.9. The Morgan fingerprint density at radius 2 is 1.68 bits per heavy atom. The number of carbonyl (C=O) groups is 2. The number of hydroxylamine groups is 2. The molecule has 0 radical (unpaired) electrons. The van der Waals surface area contributed by atoms with Gasteiger partial charge in [0.05, 0.1) is 0 Å². The average molecular weight is 389 g/mol. The van der Waals surface area contributed by atoms with Gasteiger partial charge in [0.1, 0.15) is 11.6 Å². The van der Waals surface area contributed by atoms with E-state index in [2.05, 4.69) is 5.32 Å². The summed E-state index contributed by atoms with van der Waals surface area (Å²) in [5.41, 5.74) is 0.517. The number of amides is 1. The summed E-state index contributed by atoms with van der Waals surface area (Å²) in [6.45, 7) is 3.46. The Balaban J connectivity index is 1.62. The first-order chi connectivity index (χ1) is 13.5. The highest BCUT2D eigenvalue weighted by Gasteiger charge is 2.33. The molecule has 1 saturated carbocycles. The first kappa shape index (κ1) is 20.6. The highest BCUT2D eigenvalue weighted by atomic mass is 16.7. The lowest BCUT2D eigenvalue weighted by molar-refractivity contribution is -0.196. The molecule has 1 aromatic carbocycles. The predicted molar refractivity (Wildman–Crippen MR) is 107 cm³/mol. The molecule has 0 bridgehead atoms. The number of carbonyl (C=O) groups excluding carboxylic acids is 2. The summed E-state index contributed by atoms with van der Waals surface area (Å²) in [6, 6.07) is 8.88. The van der Waals surface area contributed by atoms with E-state index in [-0.39, 0.29) is 0 Å². The lowest BCUT2D eigenvalue weighted by atomic mass is 9.86. The van der Waals surface area contributed by atoms with Crippen molar-refractivity contribution in [2.24, 2.45) is 0 Å². The molecule has 0 aromatic heterocycles. The van der Waals surface area contributed by atoms with Crippen LogP contribution in [0.4, 0.5) is 4.79 Å². The van der Waals surface area contributed by atoms with Gasteiger partial charge in [-0.3, -0.25) is 0 Å². The number of nitrogens with zero attached hydrogens (tertiary/aromatic N) is 1. The number of alkyl carbamates (subject to hydrolysis) is 1. The van der Waals surface area contributed by atoms with Crippen LogP contribution in [-0.2, 0) is 20.8 Å². The minimum absolute atomic E-state index is 0.374. The van der Waals surface area contributed by atoms with E-state index in [1.807, 2.05) is 37.3 Å². The maximum atomic E-state index is 12.8. The Bertz CT molecular complexity index is 637. The molecule has 1 aliphatic carbocycles. The molecule has 6 nitrogen and oxygen atoms in total. The number of nitrogens with one attached hydrogen (secondary N) is 1. The topological polar surface area (TPSA) is 67.9 Å². The van der Waals surface area contributed by atoms with Gasteiger partial charge in [0.15, 0.2) is 0 Å². The summed E-state index contributed by atoms with van der Waals surface area (Å²) >= 11 is 0. The lowest BCUT2D eigenvalue weighted by Crippen LogP contribution is -2.48. The molecule has 28 heavy (non-hydrogen) atoms. The van der Waals surface area contributed by atoms with Crippen LogP contribution in [0.3, 0.4) is 0 Å². The monoisotopic (exact) mass is 388 g/mol. The second kappa shape index (κ2) is 9.92. The number of ether oxygens (including phenoxy) is 1. The number of hydrogen-bond donors (Lipinski definition) is 1. The van der Waals surface area contributed by atoms with Crippen molar-refractivity contribution in [1.29, 1.82) is 0 Å². The van der Waals surface area contributed by atoms with E-state index in [0.717, 1.165) is 63.6 Å². The number of rotatable bonds is 6. The Morgan fingerprint density at radius 3 is 2.36 bits per heavy atom. The van der Waals surface area contributed by atoms with Crippen LogP contribution in [0, 0.1) is 0 Å². The van der Waals surface area contributed by atoms with Crippen molar-refractivity contribution in [1.82, 2.24) is 10.4 Å². The number of benzene rings is 1. The highest BCUT2D eigenvalue weighted by molar-refractivity contribution is 5.81. The number of hydrogen-bond acceptors (Lipinski definition) is 5. The molecule has 1 N–H and O–H groups in total. The molecular weight excluding hydrogens is 356 g/mol. The van der Waals surface area contributed by atoms with Gasteiger partial charge in [0.25, 0.3) is 0 Å². The zero-order chi connectivity index (χ0) is 19.8. The Kier molecular flexibility index (Phi) is 7.31. The smallest absolute Gasteiger partial charge is 0.408 e. The van der Waals surface area contributed by atoms with Gasteiger partial charge in [-0.15, -0.1) is 5.06 Å². The van der Waals surface area contributed by atoms with Crippen molar-refractivity contribution in [3.63, 3.8) is 0 Å². The Morgan fingerprint density at radius 1 is 1.04 bits per heavy atom. The van der Waals surface area contributed by atoms with E-state index in [1.54, 1.807) is 5.06 Å². The minimum Gasteiger partial charge on any atom is -0.443 e. The molecule has 154 valence electrons. The predicted octanol–water partition coefficient (Wildman–Crippen LogP) is 3.99. The van der Waals surface area contributed by atoms with Crippen LogP contribution in [0.5, 0.6) is 0 Å². The van der Waals surface area contributed by atoms with Crippen LogP contribution in [0.1, 0.15) is 63.9 Å². The molecule has 2 fully saturated rings. The third-order valence-corrected chi connectivity index (χ3v) is 5.64. The first-order valence-corrected chi connectivity index (χ1v) is 10.5. The molecule has 1 aliphatic heterocycles. The number of piperidine rings is 1. The van der Waals surface area contributed by atoms with E-state index < -0.39 is 23.7 Å². The van der Waals surface area contributed by atoms with Gasteiger partial charge in [0, 0.05) is 19.5 Å². The summed E-state index contributed by atoms with van der Waals surface area (Å²) < 4.78 is 5.72. The Labute approximate surface area is 167 Å². The van der Waals surface area contributed by atoms with Crippen LogP contribution in [-0.4, -0.2) is 41.9 Å². The van der Waals surface area contributed by atoms with Crippen LogP contribution < -0.4 is 5.32 Å². The van der Waals surface area contributed by atoms with Crippen LogP contribution >= 0.6 is 0 Å². The third kappa shape index (κ3) is 6.23. The van der Waals surface area contributed by atoms with Crippen molar-refractivity contribution < 1.29 is 19.2 Å². The Hall–Kier alpha value is -2.08. The van der Waals surface area contributed by atoms with Crippen molar-refractivity contribution in [2.45, 2.75) is 76.4 Å².